The predicted molar refractivity (Wildman–Crippen MR) is 120 cm³/mol. The van der Waals surface area contributed by atoms with Crippen molar-refractivity contribution in [2.75, 3.05) is 23.4 Å². The maximum absolute atomic E-state index is 13.3. The molecule has 2 amide bonds. The lowest BCUT2D eigenvalue weighted by Gasteiger charge is -2.32. The van der Waals surface area contributed by atoms with E-state index in [0.717, 1.165) is 12.1 Å². The quantitative estimate of drug-likeness (QED) is 0.570. The number of carbonyl (C=O) groups excluding carboxylic acids is 2. The van der Waals surface area contributed by atoms with E-state index in [2.05, 4.69) is 15.3 Å². The summed E-state index contributed by atoms with van der Waals surface area (Å²) in [6.45, 7) is 0.144. The number of rotatable bonds is 4. The molecule has 0 saturated carbocycles. The summed E-state index contributed by atoms with van der Waals surface area (Å²) in [4.78, 5) is 36.4. The summed E-state index contributed by atoms with van der Waals surface area (Å²) in [5.41, 5.74) is -1.13. The fraction of sp³-hybridized carbons (Fsp3) is 0.130. The van der Waals surface area contributed by atoms with Crippen LogP contribution in [0.15, 0.2) is 73.2 Å². The first-order valence-corrected chi connectivity index (χ1v) is 10.4. The van der Waals surface area contributed by atoms with Crippen LogP contribution in [0.5, 0.6) is 0 Å². The molecule has 1 aliphatic rings. The Labute approximate surface area is 197 Å². The lowest BCUT2D eigenvalue weighted by molar-refractivity contribution is -0.138. The molecule has 1 aromatic carbocycles. The van der Waals surface area contributed by atoms with Gasteiger partial charge >= 0.3 is 6.18 Å². The summed E-state index contributed by atoms with van der Waals surface area (Å²) in [5.74, 6) is -0.429. The van der Waals surface area contributed by atoms with Gasteiger partial charge in [0, 0.05) is 25.1 Å². The summed E-state index contributed by atoms with van der Waals surface area (Å²) < 4.78 is 40.0. The molecular weight excluding hydrogens is 471 g/mol. The Hall–Kier alpha value is -3.92. The summed E-state index contributed by atoms with van der Waals surface area (Å²) >= 11 is 5.78. The molecule has 0 saturated heterocycles. The highest BCUT2D eigenvalue weighted by Crippen LogP contribution is 2.32. The minimum absolute atomic E-state index is 0.00520. The van der Waals surface area contributed by atoms with E-state index in [1.54, 1.807) is 41.4 Å². The van der Waals surface area contributed by atoms with Crippen molar-refractivity contribution in [1.29, 1.82) is 0 Å². The maximum Gasteiger partial charge on any atom is 0.417 e. The molecule has 0 radical (unpaired) electrons. The number of pyridine rings is 2. The van der Waals surface area contributed by atoms with E-state index in [4.69, 9.17) is 11.6 Å². The topological polar surface area (TPSA) is 78.4 Å². The van der Waals surface area contributed by atoms with Gasteiger partial charge in [0.1, 0.15) is 11.6 Å². The second-order valence-electron chi connectivity index (χ2n) is 7.29. The molecular formula is C23H17ClF3N5O2. The van der Waals surface area contributed by atoms with Gasteiger partial charge in [-0.3, -0.25) is 9.59 Å². The molecule has 3 aromatic rings. The van der Waals surface area contributed by atoms with Gasteiger partial charge in [-0.05, 0) is 42.5 Å². The molecule has 174 valence electrons. The van der Waals surface area contributed by atoms with Gasteiger partial charge in [-0.2, -0.15) is 13.2 Å². The third kappa shape index (κ3) is 5.18. The fourth-order valence-corrected chi connectivity index (χ4v) is 3.41. The van der Waals surface area contributed by atoms with Crippen LogP contribution in [-0.4, -0.2) is 39.9 Å². The maximum atomic E-state index is 13.3. The van der Waals surface area contributed by atoms with Crippen LogP contribution >= 0.6 is 11.6 Å². The molecule has 0 fully saturated rings. The Morgan fingerprint density at radius 2 is 1.79 bits per heavy atom. The number of nitrogens with one attached hydrogen (secondary N) is 1. The summed E-state index contributed by atoms with van der Waals surface area (Å²) in [6, 6.07) is 11.0. The highest BCUT2D eigenvalue weighted by molar-refractivity contribution is 6.30. The van der Waals surface area contributed by atoms with E-state index in [-0.39, 0.29) is 18.8 Å². The van der Waals surface area contributed by atoms with Crippen molar-refractivity contribution in [3.8, 4) is 0 Å². The Morgan fingerprint density at radius 3 is 2.47 bits per heavy atom. The van der Waals surface area contributed by atoms with Crippen molar-refractivity contribution in [2.45, 2.75) is 6.18 Å². The van der Waals surface area contributed by atoms with Crippen molar-refractivity contribution in [3.05, 3.63) is 94.9 Å². The normalized spacial score (nSPS) is 13.6. The molecule has 0 aliphatic carbocycles. The molecule has 4 rings (SSSR count). The second kappa shape index (κ2) is 9.52. The van der Waals surface area contributed by atoms with Crippen LogP contribution in [0, 0.1) is 0 Å². The number of carbonyl (C=O) groups is 2. The molecule has 3 heterocycles. The first-order chi connectivity index (χ1) is 16.2. The Bertz CT molecular complexity index is 1230. The SMILES string of the molecule is O=C(Nc1ccc(Cl)cn1)c1ccc(N2C=CCN(C(=O)c3ccccc3C(F)(F)F)C2)nc1. The molecule has 0 spiro atoms. The number of benzene rings is 1. The average molecular weight is 488 g/mol. The zero-order valence-electron chi connectivity index (χ0n) is 17.5. The van der Waals surface area contributed by atoms with Crippen LogP contribution in [0.4, 0.5) is 24.8 Å². The third-order valence-corrected chi connectivity index (χ3v) is 5.18. The summed E-state index contributed by atoms with van der Waals surface area (Å²) in [7, 11) is 0. The lowest BCUT2D eigenvalue weighted by Crippen LogP contribution is -2.43. The van der Waals surface area contributed by atoms with E-state index >= 15 is 0 Å². The monoisotopic (exact) mass is 487 g/mol. The molecule has 2 aromatic heterocycles. The fourth-order valence-electron chi connectivity index (χ4n) is 3.30. The lowest BCUT2D eigenvalue weighted by atomic mass is 10.1. The van der Waals surface area contributed by atoms with Gasteiger partial charge in [0.15, 0.2) is 0 Å². The highest BCUT2D eigenvalue weighted by atomic mass is 35.5. The van der Waals surface area contributed by atoms with E-state index in [9.17, 15) is 22.8 Å². The van der Waals surface area contributed by atoms with Crippen molar-refractivity contribution in [2.24, 2.45) is 0 Å². The predicted octanol–water partition coefficient (Wildman–Crippen LogP) is 4.83. The van der Waals surface area contributed by atoms with Crippen LogP contribution in [0.25, 0.3) is 0 Å². The first-order valence-electron chi connectivity index (χ1n) is 10.00. The number of hydrogen-bond donors (Lipinski definition) is 1. The van der Waals surface area contributed by atoms with Crippen LogP contribution in [0.1, 0.15) is 26.3 Å². The molecule has 7 nitrogen and oxygen atoms in total. The molecule has 0 unspecified atom stereocenters. The van der Waals surface area contributed by atoms with Gasteiger partial charge in [-0.1, -0.05) is 23.7 Å². The van der Waals surface area contributed by atoms with Gasteiger partial charge in [0.05, 0.1) is 28.4 Å². The van der Waals surface area contributed by atoms with Gasteiger partial charge in [-0.25, -0.2) is 9.97 Å². The van der Waals surface area contributed by atoms with E-state index < -0.39 is 29.1 Å². The van der Waals surface area contributed by atoms with E-state index in [0.29, 0.717) is 16.7 Å². The molecule has 0 atom stereocenters. The molecule has 1 N–H and O–H groups in total. The summed E-state index contributed by atoms with van der Waals surface area (Å²) in [5, 5.41) is 3.06. The van der Waals surface area contributed by atoms with Gasteiger partial charge in [0.25, 0.3) is 11.8 Å². The van der Waals surface area contributed by atoms with Crippen LogP contribution in [0.2, 0.25) is 5.02 Å². The summed E-state index contributed by atoms with van der Waals surface area (Å²) in [6.07, 6.45) is 1.44. The highest BCUT2D eigenvalue weighted by Gasteiger charge is 2.36. The number of nitrogens with zero attached hydrogens (tertiary/aromatic N) is 4. The zero-order valence-corrected chi connectivity index (χ0v) is 18.2. The van der Waals surface area contributed by atoms with Crippen LogP contribution in [-0.2, 0) is 6.18 Å². The number of anilines is 2. The Kier molecular flexibility index (Phi) is 6.51. The second-order valence-corrected chi connectivity index (χ2v) is 7.72. The van der Waals surface area contributed by atoms with Crippen LogP contribution in [0.3, 0.4) is 0 Å². The molecule has 34 heavy (non-hydrogen) atoms. The average Bonchev–Trinajstić information content (AvgIpc) is 2.84. The molecule has 1 aliphatic heterocycles. The van der Waals surface area contributed by atoms with Gasteiger partial charge < -0.3 is 15.1 Å². The first kappa shape index (κ1) is 23.2. The minimum atomic E-state index is -4.64. The van der Waals surface area contributed by atoms with E-state index in [1.165, 1.54) is 29.4 Å². The smallest absolute Gasteiger partial charge is 0.317 e. The van der Waals surface area contributed by atoms with E-state index in [1.807, 2.05) is 0 Å². The van der Waals surface area contributed by atoms with Crippen LogP contribution < -0.4 is 10.2 Å². The Balaban J connectivity index is 1.46. The minimum Gasteiger partial charge on any atom is -0.317 e. The largest absolute Gasteiger partial charge is 0.417 e. The van der Waals surface area contributed by atoms with Crippen molar-refractivity contribution in [1.82, 2.24) is 14.9 Å². The molecule has 0 bridgehead atoms. The van der Waals surface area contributed by atoms with Crippen molar-refractivity contribution in [3.63, 3.8) is 0 Å². The Morgan fingerprint density at radius 1 is 1.00 bits per heavy atom. The zero-order chi connectivity index (χ0) is 24.3. The standard InChI is InChI=1S/C23H17ClF3N5O2/c24-16-7-8-19(28-13-16)30-21(33)15-6-9-20(29-12-15)31-10-3-11-32(14-31)22(34)17-4-1-2-5-18(17)23(25,26)27/h1-10,12-13H,11,14H2,(H,28,30,33). The van der Waals surface area contributed by atoms with Gasteiger partial charge in [-0.15, -0.1) is 0 Å². The van der Waals surface area contributed by atoms with Gasteiger partial charge in [0.2, 0.25) is 0 Å². The number of aromatic nitrogens is 2. The number of alkyl halides is 3. The van der Waals surface area contributed by atoms with Crippen molar-refractivity contribution >= 4 is 35.1 Å². The van der Waals surface area contributed by atoms with Crippen molar-refractivity contribution < 1.29 is 22.8 Å². The number of hydrogen-bond acceptors (Lipinski definition) is 5. The third-order valence-electron chi connectivity index (χ3n) is 4.96. The number of halogens is 4. The number of amides is 2. The molecule has 11 heteroatoms.